The molecule has 0 spiro atoms. The summed E-state index contributed by atoms with van der Waals surface area (Å²) in [6.45, 7) is 2.77. The zero-order valence-electron chi connectivity index (χ0n) is 12.8. The molecule has 0 radical (unpaired) electrons. The van der Waals surface area contributed by atoms with Crippen molar-refractivity contribution < 1.29 is 4.74 Å². The minimum absolute atomic E-state index is 0.659. The summed E-state index contributed by atoms with van der Waals surface area (Å²) in [5.41, 5.74) is 3.22. The average Bonchev–Trinajstić information content (AvgIpc) is 2.79. The molecule has 6 heteroatoms. The number of methoxy groups -OCH3 is 1. The first-order valence-corrected chi connectivity index (χ1v) is 7.05. The van der Waals surface area contributed by atoms with E-state index in [-0.39, 0.29) is 0 Å². The van der Waals surface area contributed by atoms with Crippen molar-refractivity contribution in [1.82, 2.24) is 14.7 Å². The number of thiocarbonyl (C=S) groups is 1. The van der Waals surface area contributed by atoms with Gasteiger partial charge in [-0.3, -0.25) is 4.68 Å². The van der Waals surface area contributed by atoms with E-state index in [0.717, 1.165) is 29.2 Å². The summed E-state index contributed by atoms with van der Waals surface area (Å²) in [6.07, 6.45) is 1.87. The van der Waals surface area contributed by atoms with Crippen LogP contribution in [0.3, 0.4) is 0 Å². The van der Waals surface area contributed by atoms with Crippen LogP contribution in [0.4, 0.5) is 5.69 Å². The molecule has 1 aromatic carbocycles. The first-order chi connectivity index (χ1) is 10.0. The van der Waals surface area contributed by atoms with Crippen LogP contribution in [0.2, 0.25) is 0 Å². The van der Waals surface area contributed by atoms with Crippen LogP contribution in [-0.2, 0) is 13.6 Å². The molecular weight excluding hydrogens is 284 g/mol. The minimum Gasteiger partial charge on any atom is -0.497 e. The van der Waals surface area contributed by atoms with Gasteiger partial charge < -0.3 is 15.0 Å². The lowest BCUT2D eigenvalue weighted by molar-refractivity contribution is 0.415. The Morgan fingerprint density at radius 3 is 2.86 bits per heavy atom. The van der Waals surface area contributed by atoms with Gasteiger partial charge in [-0.25, -0.2) is 0 Å². The van der Waals surface area contributed by atoms with Crippen molar-refractivity contribution in [3.05, 3.63) is 41.7 Å². The van der Waals surface area contributed by atoms with E-state index in [1.165, 1.54) is 0 Å². The lowest BCUT2D eigenvalue weighted by atomic mass is 10.2. The van der Waals surface area contributed by atoms with E-state index in [1.807, 2.05) is 54.1 Å². The molecule has 0 aliphatic heterocycles. The van der Waals surface area contributed by atoms with Crippen LogP contribution >= 0.6 is 12.2 Å². The Balaban J connectivity index is 2.00. The number of rotatable bonds is 4. The fourth-order valence-corrected chi connectivity index (χ4v) is 2.13. The van der Waals surface area contributed by atoms with Crippen molar-refractivity contribution in [3.63, 3.8) is 0 Å². The van der Waals surface area contributed by atoms with Gasteiger partial charge in [0.25, 0.3) is 0 Å². The maximum absolute atomic E-state index is 5.43. The molecule has 112 valence electrons. The summed E-state index contributed by atoms with van der Waals surface area (Å²) in [6, 6.07) is 7.69. The number of nitrogens with zero attached hydrogens (tertiary/aromatic N) is 3. The Hall–Kier alpha value is -2.08. The summed E-state index contributed by atoms with van der Waals surface area (Å²) in [4.78, 5) is 1.98. The fourth-order valence-electron chi connectivity index (χ4n) is 1.95. The molecule has 1 aromatic heterocycles. The Bertz CT molecular complexity index is 638. The molecule has 0 unspecified atom stereocenters. The van der Waals surface area contributed by atoms with Crippen LogP contribution in [0.1, 0.15) is 11.3 Å². The Kier molecular flexibility index (Phi) is 4.80. The van der Waals surface area contributed by atoms with Gasteiger partial charge in [0.2, 0.25) is 0 Å². The summed E-state index contributed by atoms with van der Waals surface area (Å²) < 4.78 is 7.07. The monoisotopic (exact) mass is 304 g/mol. The van der Waals surface area contributed by atoms with Crippen molar-refractivity contribution >= 4 is 23.0 Å². The van der Waals surface area contributed by atoms with Crippen LogP contribution in [0, 0.1) is 6.92 Å². The van der Waals surface area contributed by atoms with E-state index in [1.54, 1.807) is 7.11 Å². The molecule has 2 aromatic rings. The van der Waals surface area contributed by atoms with Gasteiger partial charge in [-0.05, 0) is 31.3 Å². The second-order valence-corrected chi connectivity index (χ2v) is 5.28. The van der Waals surface area contributed by atoms with E-state index >= 15 is 0 Å². The highest BCUT2D eigenvalue weighted by molar-refractivity contribution is 7.80. The van der Waals surface area contributed by atoms with E-state index in [2.05, 4.69) is 17.3 Å². The molecule has 2 rings (SSSR count). The summed E-state index contributed by atoms with van der Waals surface area (Å²) >= 11 is 5.43. The Labute approximate surface area is 130 Å². The first-order valence-electron chi connectivity index (χ1n) is 6.65. The van der Waals surface area contributed by atoms with Crippen molar-refractivity contribution in [2.75, 3.05) is 19.5 Å². The van der Waals surface area contributed by atoms with E-state index in [0.29, 0.717) is 5.11 Å². The van der Waals surface area contributed by atoms with Gasteiger partial charge in [0.15, 0.2) is 5.11 Å². The molecule has 0 bridgehead atoms. The van der Waals surface area contributed by atoms with Crippen molar-refractivity contribution in [2.45, 2.75) is 13.5 Å². The SMILES string of the molecule is COc1cccc(NC(=S)N(C)Cc2cnn(C)c2C)c1. The van der Waals surface area contributed by atoms with Crippen molar-refractivity contribution in [2.24, 2.45) is 7.05 Å². The number of aryl methyl sites for hydroxylation is 1. The summed E-state index contributed by atoms with van der Waals surface area (Å²) in [5, 5.41) is 8.12. The van der Waals surface area contributed by atoms with E-state index in [4.69, 9.17) is 17.0 Å². The highest BCUT2D eigenvalue weighted by Gasteiger charge is 2.10. The van der Waals surface area contributed by atoms with Gasteiger partial charge in [-0.2, -0.15) is 5.10 Å². The largest absolute Gasteiger partial charge is 0.497 e. The standard InChI is InChI=1S/C15H20N4OS/c1-11-12(9-16-19(11)3)10-18(2)15(21)17-13-6-5-7-14(8-13)20-4/h5-9H,10H2,1-4H3,(H,17,21). The Morgan fingerprint density at radius 1 is 1.48 bits per heavy atom. The van der Waals surface area contributed by atoms with Crippen LogP contribution in [0.25, 0.3) is 0 Å². The van der Waals surface area contributed by atoms with Crippen molar-refractivity contribution in [3.8, 4) is 5.75 Å². The number of hydrogen-bond acceptors (Lipinski definition) is 3. The lowest BCUT2D eigenvalue weighted by Gasteiger charge is -2.21. The maximum atomic E-state index is 5.43. The molecule has 0 fully saturated rings. The van der Waals surface area contributed by atoms with Crippen LogP contribution in [0.5, 0.6) is 5.75 Å². The molecule has 0 aliphatic carbocycles. The number of anilines is 1. The quantitative estimate of drug-likeness (QED) is 0.879. The molecule has 5 nitrogen and oxygen atoms in total. The third kappa shape index (κ3) is 3.72. The zero-order valence-corrected chi connectivity index (χ0v) is 13.6. The molecular formula is C15H20N4OS. The van der Waals surface area contributed by atoms with E-state index in [9.17, 15) is 0 Å². The number of benzene rings is 1. The third-order valence-corrected chi connectivity index (χ3v) is 3.83. The van der Waals surface area contributed by atoms with Gasteiger partial charge >= 0.3 is 0 Å². The number of ether oxygens (including phenoxy) is 1. The third-order valence-electron chi connectivity index (χ3n) is 3.41. The lowest BCUT2D eigenvalue weighted by Crippen LogP contribution is -2.30. The normalized spacial score (nSPS) is 10.3. The fraction of sp³-hybridized carbons (Fsp3) is 0.333. The highest BCUT2D eigenvalue weighted by atomic mass is 32.1. The highest BCUT2D eigenvalue weighted by Crippen LogP contribution is 2.17. The summed E-state index contributed by atoms with van der Waals surface area (Å²) in [5.74, 6) is 0.800. The molecule has 0 saturated carbocycles. The van der Waals surface area contributed by atoms with Gasteiger partial charge in [0, 0.05) is 43.7 Å². The van der Waals surface area contributed by atoms with Gasteiger partial charge in [-0.15, -0.1) is 0 Å². The maximum Gasteiger partial charge on any atom is 0.173 e. The molecule has 0 atom stereocenters. The predicted molar refractivity (Wildman–Crippen MR) is 88.6 cm³/mol. The smallest absolute Gasteiger partial charge is 0.173 e. The average molecular weight is 304 g/mol. The van der Waals surface area contributed by atoms with Crippen LogP contribution in [0.15, 0.2) is 30.5 Å². The topological polar surface area (TPSA) is 42.3 Å². The zero-order chi connectivity index (χ0) is 15.4. The second-order valence-electron chi connectivity index (χ2n) is 4.90. The number of hydrogen-bond donors (Lipinski definition) is 1. The van der Waals surface area contributed by atoms with E-state index < -0.39 is 0 Å². The van der Waals surface area contributed by atoms with Crippen molar-refractivity contribution in [1.29, 1.82) is 0 Å². The second kappa shape index (κ2) is 6.58. The Morgan fingerprint density at radius 2 is 2.24 bits per heavy atom. The molecule has 1 N–H and O–H groups in total. The molecule has 1 heterocycles. The van der Waals surface area contributed by atoms with Gasteiger partial charge in [-0.1, -0.05) is 6.07 Å². The van der Waals surface area contributed by atoms with Crippen LogP contribution < -0.4 is 10.1 Å². The summed E-state index contributed by atoms with van der Waals surface area (Å²) in [7, 11) is 5.54. The molecule has 21 heavy (non-hydrogen) atoms. The molecule has 0 aliphatic rings. The van der Waals surface area contributed by atoms with Gasteiger partial charge in [0.05, 0.1) is 13.3 Å². The molecule has 0 amide bonds. The molecule has 0 saturated heterocycles. The predicted octanol–water partition coefficient (Wildman–Crippen LogP) is 2.57. The van der Waals surface area contributed by atoms with Gasteiger partial charge in [0.1, 0.15) is 5.75 Å². The number of aromatic nitrogens is 2. The first kappa shape index (κ1) is 15.3. The number of nitrogens with one attached hydrogen (secondary N) is 1. The minimum atomic E-state index is 0.659. The van der Waals surface area contributed by atoms with Crippen LogP contribution in [-0.4, -0.2) is 34.0 Å².